The van der Waals surface area contributed by atoms with Gasteiger partial charge in [-0.2, -0.15) is 4.98 Å². The minimum Gasteiger partial charge on any atom is -0.481 e. The number of rotatable bonds is 4. The van der Waals surface area contributed by atoms with Crippen LogP contribution in [0, 0.1) is 0 Å². The number of nitrogen functional groups attached to an aromatic ring is 1. The Morgan fingerprint density at radius 1 is 1.18 bits per heavy atom. The number of nitrogens with zero attached hydrogens (tertiary/aromatic N) is 1. The first-order valence-corrected chi connectivity index (χ1v) is 5.37. The Kier molecular flexibility index (Phi) is 3.45. The summed E-state index contributed by atoms with van der Waals surface area (Å²) in [5, 5.41) is 3.22. The van der Waals surface area contributed by atoms with Crippen LogP contribution in [0.2, 0.25) is 0 Å². The third-order valence-corrected chi connectivity index (χ3v) is 2.39. The van der Waals surface area contributed by atoms with E-state index in [1.54, 1.807) is 7.11 Å². The molecule has 0 aliphatic rings. The number of ether oxygens (including phenoxy) is 1. The molecule has 0 saturated carbocycles. The molecular weight excluding hydrogens is 214 g/mol. The summed E-state index contributed by atoms with van der Waals surface area (Å²) in [6.07, 6.45) is 0. The van der Waals surface area contributed by atoms with E-state index in [1.807, 2.05) is 42.5 Å². The molecule has 0 fully saturated rings. The second kappa shape index (κ2) is 5.21. The lowest BCUT2D eigenvalue weighted by molar-refractivity contribution is 0.398. The molecule has 0 aliphatic carbocycles. The van der Waals surface area contributed by atoms with Crippen molar-refractivity contribution in [2.45, 2.75) is 6.54 Å². The Morgan fingerprint density at radius 3 is 2.65 bits per heavy atom. The molecule has 0 unspecified atom stereocenters. The molecule has 0 amide bonds. The molecule has 0 aliphatic heterocycles. The van der Waals surface area contributed by atoms with E-state index in [9.17, 15) is 0 Å². The molecule has 0 saturated heterocycles. The van der Waals surface area contributed by atoms with Gasteiger partial charge in [0.1, 0.15) is 5.82 Å². The van der Waals surface area contributed by atoms with Crippen molar-refractivity contribution < 1.29 is 4.74 Å². The number of anilines is 2. The Labute approximate surface area is 100 Å². The number of hydrogen-bond donors (Lipinski definition) is 2. The lowest BCUT2D eigenvalue weighted by Crippen LogP contribution is -2.02. The Balaban J connectivity index is 1.99. The largest absolute Gasteiger partial charge is 0.481 e. The SMILES string of the molecule is COc1cccc(NCc2ccc(N)cc2)n1. The molecule has 4 heteroatoms. The summed E-state index contributed by atoms with van der Waals surface area (Å²) in [7, 11) is 1.60. The van der Waals surface area contributed by atoms with E-state index < -0.39 is 0 Å². The number of nitrogens with two attached hydrogens (primary N) is 1. The number of methoxy groups -OCH3 is 1. The quantitative estimate of drug-likeness (QED) is 0.790. The van der Waals surface area contributed by atoms with Crippen LogP contribution in [0.1, 0.15) is 5.56 Å². The highest BCUT2D eigenvalue weighted by atomic mass is 16.5. The first kappa shape index (κ1) is 11.3. The molecule has 0 bridgehead atoms. The molecule has 1 aromatic heterocycles. The molecule has 2 aromatic rings. The molecule has 1 heterocycles. The van der Waals surface area contributed by atoms with Gasteiger partial charge < -0.3 is 15.8 Å². The van der Waals surface area contributed by atoms with E-state index >= 15 is 0 Å². The van der Waals surface area contributed by atoms with Crippen molar-refractivity contribution >= 4 is 11.5 Å². The van der Waals surface area contributed by atoms with Gasteiger partial charge in [0.25, 0.3) is 0 Å². The van der Waals surface area contributed by atoms with Gasteiger partial charge in [0.2, 0.25) is 5.88 Å². The number of nitrogens with one attached hydrogen (secondary N) is 1. The zero-order valence-corrected chi connectivity index (χ0v) is 9.68. The maximum absolute atomic E-state index is 5.62. The van der Waals surface area contributed by atoms with Crippen molar-refractivity contribution in [3.8, 4) is 5.88 Å². The third-order valence-electron chi connectivity index (χ3n) is 2.39. The molecule has 3 N–H and O–H groups in total. The fourth-order valence-electron chi connectivity index (χ4n) is 1.46. The zero-order chi connectivity index (χ0) is 12.1. The van der Waals surface area contributed by atoms with Gasteiger partial charge >= 0.3 is 0 Å². The van der Waals surface area contributed by atoms with Crippen LogP contribution in [0.15, 0.2) is 42.5 Å². The summed E-state index contributed by atoms with van der Waals surface area (Å²) >= 11 is 0. The van der Waals surface area contributed by atoms with Crippen molar-refractivity contribution in [1.29, 1.82) is 0 Å². The lowest BCUT2D eigenvalue weighted by atomic mass is 10.2. The van der Waals surface area contributed by atoms with E-state index in [2.05, 4.69) is 10.3 Å². The third kappa shape index (κ3) is 3.11. The zero-order valence-electron chi connectivity index (χ0n) is 9.68. The van der Waals surface area contributed by atoms with E-state index in [1.165, 1.54) is 0 Å². The van der Waals surface area contributed by atoms with Crippen LogP contribution in [0.4, 0.5) is 11.5 Å². The maximum Gasteiger partial charge on any atom is 0.214 e. The molecule has 0 atom stereocenters. The molecule has 88 valence electrons. The second-order valence-electron chi connectivity index (χ2n) is 3.66. The average molecular weight is 229 g/mol. The molecule has 17 heavy (non-hydrogen) atoms. The first-order valence-electron chi connectivity index (χ1n) is 5.37. The van der Waals surface area contributed by atoms with Crippen LogP contribution < -0.4 is 15.8 Å². The fraction of sp³-hybridized carbons (Fsp3) is 0.154. The number of pyridine rings is 1. The Morgan fingerprint density at radius 2 is 1.94 bits per heavy atom. The van der Waals surface area contributed by atoms with Gasteiger partial charge in [-0.05, 0) is 23.8 Å². The van der Waals surface area contributed by atoms with E-state index in [0.29, 0.717) is 12.4 Å². The van der Waals surface area contributed by atoms with Crippen LogP contribution in [0.5, 0.6) is 5.88 Å². The number of aromatic nitrogens is 1. The summed E-state index contributed by atoms with van der Waals surface area (Å²) in [5.41, 5.74) is 7.55. The molecular formula is C13H15N3O. The van der Waals surface area contributed by atoms with Crippen LogP contribution in [0.3, 0.4) is 0 Å². The van der Waals surface area contributed by atoms with Gasteiger partial charge in [0.15, 0.2) is 0 Å². The van der Waals surface area contributed by atoms with Crippen LogP contribution in [-0.4, -0.2) is 12.1 Å². The van der Waals surface area contributed by atoms with E-state index in [4.69, 9.17) is 10.5 Å². The van der Waals surface area contributed by atoms with Gasteiger partial charge in [-0.15, -0.1) is 0 Å². The van der Waals surface area contributed by atoms with Gasteiger partial charge in [-0.3, -0.25) is 0 Å². The number of benzene rings is 1. The summed E-state index contributed by atoms with van der Waals surface area (Å²) < 4.78 is 5.05. The van der Waals surface area contributed by atoms with E-state index in [0.717, 1.165) is 17.1 Å². The van der Waals surface area contributed by atoms with Gasteiger partial charge in [0.05, 0.1) is 7.11 Å². The summed E-state index contributed by atoms with van der Waals surface area (Å²) in [5.74, 6) is 1.40. The molecule has 0 spiro atoms. The summed E-state index contributed by atoms with van der Waals surface area (Å²) in [4.78, 5) is 4.27. The normalized spacial score (nSPS) is 9.94. The average Bonchev–Trinajstić information content (AvgIpc) is 2.38. The van der Waals surface area contributed by atoms with Gasteiger partial charge in [-0.25, -0.2) is 0 Å². The molecule has 0 radical (unpaired) electrons. The molecule has 2 rings (SSSR count). The highest BCUT2D eigenvalue weighted by Gasteiger charge is 1.97. The van der Waals surface area contributed by atoms with Gasteiger partial charge in [0, 0.05) is 18.3 Å². The summed E-state index contributed by atoms with van der Waals surface area (Å²) in [6, 6.07) is 13.4. The molecule has 4 nitrogen and oxygen atoms in total. The van der Waals surface area contributed by atoms with Crippen molar-refractivity contribution in [3.63, 3.8) is 0 Å². The van der Waals surface area contributed by atoms with Crippen molar-refractivity contribution in [1.82, 2.24) is 4.98 Å². The Hall–Kier alpha value is -2.23. The maximum atomic E-state index is 5.62. The van der Waals surface area contributed by atoms with Crippen LogP contribution in [0.25, 0.3) is 0 Å². The van der Waals surface area contributed by atoms with Crippen molar-refractivity contribution in [2.75, 3.05) is 18.2 Å². The van der Waals surface area contributed by atoms with Gasteiger partial charge in [-0.1, -0.05) is 18.2 Å². The van der Waals surface area contributed by atoms with Crippen LogP contribution >= 0.6 is 0 Å². The topological polar surface area (TPSA) is 60.2 Å². The second-order valence-corrected chi connectivity index (χ2v) is 3.66. The standard InChI is InChI=1S/C13H15N3O/c1-17-13-4-2-3-12(16-13)15-9-10-5-7-11(14)8-6-10/h2-8H,9,14H2,1H3,(H,15,16). The number of hydrogen-bond acceptors (Lipinski definition) is 4. The van der Waals surface area contributed by atoms with Crippen LogP contribution in [-0.2, 0) is 6.54 Å². The summed E-state index contributed by atoms with van der Waals surface area (Å²) in [6.45, 7) is 0.709. The first-order chi connectivity index (χ1) is 8.28. The van der Waals surface area contributed by atoms with Crippen molar-refractivity contribution in [3.05, 3.63) is 48.0 Å². The highest BCUT2D eigenvalue weighted by molar-refractivity contribution is 5.42. The monoisotopic (exact) mass is 229 g/mol. The van der Waals surface area contributed by atoms with Crippen molar-refractivity contribution in [2.24, 2.45) is 0 Å². The predicted molar refractivity (Wildman–Crippen MR) is 69.0 cm³/mol. The Bertz CT molecular complexity index is 482. The van der Waals surface area contributed by atoms with E-state index in [-0.39, 0.29) is 0 Å². The lowest BCUT2D eigenvalue weighted by Gasteiger charge is -2.07. The molecule has 1 aromatic carbocycles. The minimum absolute atomic E-state index is 0.604. The smallest absolute Gasteiger partial charge is 0.214 e. The minimum atomic E-state index is 0.604. The highest BCUT2D eigenvalue weighted by Crippen LogP contribution is 2.12. The predicted octanol–water partition coefficient (Wildman–Crippen LogP) is 2.28. The fourth-order valence-corrected chi connectivity index (χ4v) is 1.46.